The van der Waals surface area contributed by atoms with E-state index in [9.17, 15) is 9.59 Å². The molecule has 0 saturated heterocycles. The highest BCUT2D eigenvalue weighted by Gasteiger charge is 2.14. The minimum Gasteiger partial charge on any atom is -0.350 e. The number of benzene rings is 3. The summed E-state index contributed by atoms with van der Waals surface area (Å²) in [4.78, 5) is 25.6. The lowest BCUT2D eigenvalue weighted by molar-refractivity contribution is -0.122. The molecule has 0 radical (unpaired) electrons. The first-order chi connectivity index (χ1) is 17.1. The first-order valence-electron chi connectivity index (χ1n) is 11.5. The highest BCUT2D eigenvalue weighted by Crippen LogP contribution is 2.22. The molecule has 2 heterocycles. The molecule has 174 valence electrons. The summed E-state index contributed by atoms with van der Waals surface area (Å²) in [6.45, 7) is 2.61. The number of rotatable bonds is 7. The van der Waals surface area contributed by atoms with Gasteiger partial charge in [0.2, 0.25) is 5.91 Å². The van der Waals surface area contributed by atoms with Crippen LogP contribution in [0.2, 0.25) is 0 Å². The van der Waals surface area contributed by atoms with Gasteiger partial charge in [-0.1, -0.05) is 78.9 Å². The lowest BCUT2D eigenvalue weighted by Gasteiger charge is -2.09. The average Bonchev–Trinajstić information content (AvgIpc) is 3.29. The van der Waals surface area contributed by atoms with Crippen LogP contribution in [-0.2, 0) is 24.4 Å². The van der Waals surface area contributed by atoms with Gasteiger partial charge in [0.05, 0.1) is 23.3 Å². The molecule has 0 unspecified atom stereocenters. The van der Waals surface area contributed by atoms with Crippen LogP contribution in [0.1, 0.15) is 16.8 Å². The number of aryl methyl sites for hydroxylation is 1. The third-order valence-electron chi connectivity index (χ3n) is 5.89. The van der Waals surface area contributed by atoms with E-state index < -0.39 is 0 Å². The number of aromatic nitrogens is 4. The van der Waals surface area contributed by atoms with Crippen molar-refractivity contribution in [3.8, 4) is 11.3 Å². The molecule has 0 fully saturated rings. The fourth-order valence-corrected chi connectivity index (χ4v) is 4.18. The molecule has 7 nitrogen and oxygen atoms in total. The van der Waals surface area contributed by atoms with E-state index in [0.717, 1.165) is 27.8 Å². The quantitative estimate of drug-likeness (QED) is 0.397. The smallest absolute Gasteiger partial charge is 0.275 e. The molecular weight excluding hydrogens is 438 g/mol. The van der Waals surface area contributed by atoms with Crippen LogP contribution in [0, 0.1) is 6.92 Å². The summed E-state index contributed by atoms with van der Waals surface area (Å²) in [5.41, 5.74) is 4.27. The number of hydrogen-bond donors (Lipinski definition) is 1. The zero-order valence-corrected chi connectivity index (χ0v) is 19.4. The minimum atomic E-state index is -0.288. The zero-order chi connectivity index (χ0) is 24.2. The van der Waals surface area contributed by atoms with Crippen LogP contribution >= 0.6 is 0 Å². The molecule has 0 aliphatic heterocycles. The highest BCUT2D eigenvalue weighted by molar-refractivity contribution is 5.83. The van der Waals surface area contributed by atoms with Gasteiger partial charge in [0.25, 0.3) is 5.56 Å². The van der Waals surface area contributed by atoms with Crippen LogP contribution in [0.15, 0.2) is 95.9 Å². The molecule has 5 aromatic rings. The summed E-state index contributed by atoms with van der Waals surface area (Å²) >= 11 is 0. The Bertz CT molecular complexity index is 1540. The van der Waals surface area contributed by atoms with E-state index in [-0.39, 0.29) is 18.0 Å². The molecular formula is C28H25N5O2. The maximum absolute atomic E-state index is 12.8. The maximum Gasteiger partial charge on any atom is 0.275 e. The van der Waals surface area contributed by atoms with Crippen molar-refractivity contribution in [2.45, 2.75) is 26.6 Å². The summed E-state index contributed by atoms with van der Waals surface area (Å²) in [7, 11) is 0. The van der Waals surface area contributed by atoms with E-state index in [1.807, 2.05) is 84.5 Å². The normalized spacial score (nSPS) is 11.0. The first-order valence-corrected chi connectivity index (χ1v) is 11.5. The van der Waals surface area contributed by atoms with E-state index in [1.165, 1.54) is 4.68 Å². The molecule has 7 heteroatoms. The Morgan fingerprint density at radius 3 is 2.26 bits per heavy atom. The van der Waals surface area contributed by atoms with Gasteiger partial charge in [0.15, 0.2) is 0 Å². The Morgan fingerprint density at radius 1 is 0.857 bits per heavy atom. The van der Waals surface area contributed by atoms with Gasteiger partial charge in [-0.3, -0.25) is 14.3 Å². The van der Waals surface area contributed by atoms with Crippen molar-refractivity contribution in [1.82, 2.24) is 24.9 Å². The molecule has 3 aromatic carbocycles. The van der Waals surface area contributed by atoms with Crippen molar-refractivity contribution in [3.05, 3.63) is 118 Å². The number of nitrogens with zero attached hydrogens (tertiary/aromatic N) is 4. The summed E-state index contributed by atoms with van der Waals surface area (Å²) in [6.07, 6.45) is 1.96. The minimum absolute atomic E-state index is 0.149. The Morgan fingerprint density at radius 2 is 1.51 bits per heavy atom. The SMILES string of the molecule is Cc1nn(CC(=O)NCc2cn(Cc3ccccc3)nc2-c2ccccc2)c(=O)c2ccccc12. The van der Waals surface area contributed by atoms with Crippen LogP contribution < -0.4 is 10.9 Å². The first kappa shape index (κ1) is 22.3. The second-order valence-electron chi connectivity index (χ2n) is 8.42. The van der Waals surface area contributed by atoms with Gasteiger partial charge in [-0.15, -0.1) is 0 Å². The van der Waals surface area contributed by atoms with Gasteiger partial charge in [-0.25, -0.2) is 4.68 Å². The van der Waals surface area contributed by atoms with Crippen molar-refractivity contribution in [2.24, 2.45) is 0 Å². The molecule has 0 spiro atoms. The monoisotopic (exact) mass is 463 g/mol. The molecule has 1 amide bonds. The number of carbonyl (C=O) groups excluding carboxylic acids is 1. The van der Waals surface area contributed by atoms with E-state index in [1.54, 1.807) is 6.07 Å². The predicted octanol–water partition coefficient (Wildman–Crippen LogP) is 3.93. The van der Waals surface area contributed by atoms with Gasteiger partial charge < -0.3 is 5.32 Å². The topological polar surface area (TPSA) is 81.8 Å². The van der Waals surface area contributed by atoms with Crippen LogP contribution in [0.5, 0.6) is 0 Å². The van der Waals surface area contributed by atoms with Gasteiger partial charge >= 0.3 is 0 Å². The zero-order valence-electron chi connectivity index (χ0n) is 19.4. The van der Waals surface area contributed by atoms with Crippen molar-refractivity contribution < 1.29 is 4.79 Å². The van der Waals surface area contributed by atoms with Crippen molar-refractivity contribution in [1.29, 1.82) is 0 Å². The molecule has 0 aliphatic rings. The van der Waals surface area contributed by atoms with Crippen molar-refractivity contribution in [2.75, 3.05) is 0 Å². The van der Waals surface area contributed by atoms with E-state index in [0.29, 0.717) is 24.2 Å². The van der Waals surface area contributed by atoms with Gasteiger partial charge in [-0.2, -0.15) is 10.2 Å². The highest BCUT2D eigenvalue weighted by atomic mass is 16.2. The summed E-state index contributed by atoms with van der Waals surface area (Å²) in [6, 6.07) is 27.3. The number of fused-ring (bicyclic) bond motifs is 1. The summed E-state index contributed by atoms with van der Waals surface area (Å²) in [5, 5.41) is 13.4. The van der Waals surface area contributed by atoms with Crippen molar-refractivity contribution >= 4 is 16.7 Å². The van der Waals surface area contributed by atoms with Crippen LogP contribution in [0.4, 0.5) is 0 Å². The van der Waals surface area contributed by atoms with Crippen LogP contribution in [0.3, 0.4) is 0 Å². The van der Waals surface area contributed by atoms with Gasteiger partial charge in [0, 0.05) is 29.3 Å². The third-order valence-corrected chi connectivity index (χ3v) is 5.89. The molecule has 2 aromatic heterocycles. The Labute approximate surface area is 202 Å². The fourth-order valence-electron chi connectivity index (χ4n) is 4.18. The third kappa shape index (κ3) is 4.89. The van der Waals surface area contributed by atoms with Gasteiger partial charge in [0.1, 0.15) is 6.54 Å². The molecule has 35 heavy (non-hydrogen) atoms. The maximum atomic E-state index is 12.8. The molecule has 1 N–H and O–H groups in total. The summed E-state index contributed by atoms with van der Waals surface area (Å²) < 4.78 is 3.11. The van der Waals surface area contributed by atoms with E-state index in [2.05, 4.69) is 22.5 Å². The number of carbonyl (C=O) groups is 1. The molecule has 0 saturated carbocycles. The van der Waals surface area contributed by atoms with Crippen LogP contribution in [0.25, 0.3) is 22.0 Å². The molecule has 5 rings (SSSR count). The van der Waals surface area contributed by atoms with E-state index in [4.69, 9.17) is 5.10 Å². The standard InChI is InChI=1S/C28H25N5O2/c1-20-24-14-8-9-15-25(24)28(35)33(30-20)19-26(34)29-16-23-18-32(17-21-10-4-2-5-11-21)31-27(23)22-12-6-3-7-13-22/h2-15,18H,16-17,19H2,1H3,(H,29,34). The van der Waals surface area contributed by atoms with Crippen molar-refractivity contribution in [3.63, 3.8) is 0 Å². The Balaban J connectivity index is 1.36. The molecule has 0 bridgehead atoms. The van der Waals surface area contributed by atoms with Crippen LogP contribution in [-0.4, -0.2) is 25.5 Å². The lowest BCUT2D eigenvalue weighted by atomic mass is 10.1. The second kappa shape index (κ2) is 9.77. The van der Waals surface area contributed by atoms with E-state index >= 15 is 0 Å². The average molecular weight is 464 g/mol. The number of nitrogens with one attached hydrogen (secondary N) is 1. The number of hydrogen-bond acceptors (Lipinski definition) is 4. The summed E-state index contributed by atoms with van der Waals surface area (Å²) in [5.74, 6) is -0.288. The number of amides is 1. The Kier molecular flexibility index (Phi) is 6.22. The van der Waals surface area contributed by atoms with Gasteiger partial charge in [-0.05, 0) is 18.6 Å². The molecule has 0 atom stereocenters. The second-order valence-corrected chi connectivity index (χ2v) is 8.42. The lowest BCUT2D eigenvalue weighted by Crippen LogP contribution is -2.33. The largest absolute Gasteiger partial charge is 0.350 e. The molecule has 0 aliphatic carbocycles. The fraction of sp³-hybridized carbons (Fsp3) is 0.143. The Hall–Kier alpha value is -4.52. The predicted molar refractivity (Wildman–Crippen MR) is 136 cm³/mol.